The van der Waals surface area contributed by atoms with Crippen molar-refractivity contribution in [2.24, 2.45) is 5.92 Å². The fourth-order valence-electron chi connectivity index (χ4n) is 1.56. The van der Waals surface area contributed by atoms with Crippen molar-refractivity contribution in [3.63, 3.8) is 0 Å². The summed E-state index contributed by atoms with van der Waals surface area (Å²) in [6.07, 6.45) is 4.09. The molecule has 0 radical (unpaired) electrons. The molecule has 0 spiro atoms. The molecule has 1 N–H and O–H groups in total. The molecule has 0 aliphatic carbocycles. The third-order valence-electron chi connectivity index (χ3n) is 2.56. The maximum absolute atomic E-state index is 12.1. The molecule has 2 atom stereocenters. The molecule has 0 saturated heterocycles. The van der Waals surface area contributed by atoms with Crippen LogP contribution in [0.5, 0.6) is 0 Å². The molecule has 1 aromatic carbocycles. The Morgan fingerprint density at radius 3 is 2.28 bits per heavy atom. The topological polar surface area (TPSA) is 63.6 Å². The van der Waals surface area contributed by atoms with Crippen molar-refractivity contribution < 1.29 is 19.4 Å². The number of aliphatic hydroxyl groups is 1. The van der Waals surface area contributed by atoms with E-state index in [1.54, 1.807) is 12.1 Å². The summed E-state index contributed by atoms with van der Waals surface area (Å²) in [7, 11) is 1.17. The second-order valence-corrected chi connectivity index (χ2v) is 3.83. The van der Waals surface area contributed by atoms with Crippen molar-refractivity contribution >= 4 is 11.8 Å². The van der Waals surface area contributed by atoms with E-state index in [-0.39, 0.29) is 0 Å². The van der Waals surface area contributed by atoms with E-state index in [1.165, 1.54) is 26.2 Å². The fourth-order valence-corrected chi connectivity index (χ4v) is 1.56. The summed E-state index contributed by atoms with van der Waals surface area (Å²) in [6, 6.07) is 6.25. The van der Waals surface area contributed by atoms with Gasteiger partial charge in [0.05, 0.1) is 13.2 Å². The molecule has 0 amide bonds. The summed E-state index contributed by atoms with van der Waals surface area (Å²) in [5, 5.41) is 9.49. The molecular weight excluding hydrogens is 232 g/mol. The highest BCUT2D eigenvalue weighted by Gasteiger charge is 2.32. The number of hydrogen-bond donors (Lipinski definition) is 1. The van der Waals surface area contributed by atoms with Gasteiger partial charge in [0.15, 0.2) is 5.78 Å². The standard InChI is InChI=1S/C14H14O4/c1-4-10-5-7-11(8-6-10)13(16)12(9(2)15)14(17)18-3/h1,5-9,12,15H,2-3H3. The summed E-state index contributed by atoms with van der Waals surface area (Å²) in [6.45, 7) is 1.37. The van der Waals surface area contributed by atoms with Crippen LogP contribution in [0, 0.1) is 18.3 Å². The van der Waals surface area contributed by atoms with Crippen LogP contribution in [0.2, 0.25) is 0 Å². The third-order valence-corrected chi connectivity index (χ3v) is 2.56. The molecule has 1 rings (SSSR count). The second-order valence-electron chi connectivity index (χ2n) is 3.83. The van der Waals surface area contributed by atoms with Crippen LogP contribution in [0.15, 0.2) is 24.3 Å². The lowest BCUT2D eigenvalue weighted by Crippen LogP contribution is -2.34. The van der Waals surface area contributed by atoms with Gasteiger partial charge in [0.2, 0.25) is 0 Å². The van der Waals surface area contributed by atoms with E-state index >= 15 is 0 Å². The zero-order valence-electron chi connectivity index (χ0n) is 10.2. The maximum Gasteiger partial charge on any atom is 0.319 e. The molecule has 0 aliphatic heterocycles. The normalized spacial score (nSPS) is 13.2. The smallest absolute Gasteiger partial charge is 0.319 e. The number of methoxy groups -OCH3 is 1. The van der Waals surface area contributed by atoms with E-state index in [0.29, 0.717) is 11.1 Å². The van der Waals surface area contributed by atoms with Crippen molar-refractivity contribution in [3.8, 4) is 12.3 Å². The number of carbonyl (C=O) groups excluding carboxylic acids is 2. The first-order valence-electron chi connectivity index (χ1n) is 5.38. The van der Waals surface area contributed by atoms with Crippen LogP contribution in [-0.2, 0) is 9.53 Å². The van der Waals surface area contributed by atoms with Gasteiger partial charge >= 0.3 is 5.97 Å². The molecule has 0 fully saturated rings. The van der Waals surface area contributed by atoms with Crippen LogP contribution < -0.4 is 0 Å². The molecule has 0 bridgehead atoms. The number of hydrogen-bond acceptors (Lipinski definition) is 4. The number of carbonyl (C=O) groups is 2. The number of esters is 1. The first-order valence-corrected chi connectivity index (χ1v) is 5.38. The lowest BCUT2D eigenvalue weighted by molar-refractivity contribution is -0.146. The Bertz CT molecular complexity index is 480. The molecule has 4 heteroatoms. The average molecular weight is 246 g/mol. The molecule has 94 valence electrons. The fraction of sp³-hybridized carbons (Fsp3) is 0.286. The minimum Gasteiger partial charge on any atom is -0.468 e. The molecule has 2 unspecified atom stereocenters. The van der Waals surface area contributed by atoms with Gasteiger partial charge < -0.3 is 9.84 Å². The molecule has 4 nitrogen and oxygen atoms in total. The van der Waals surface area contributed by atoms with Crippen LogP contribution in [0.1, 0.15) is 22.8 Å². The zero-order chi connectivity index (χ0) is 13.7. The first kappa shape index (κ1) is 13.9. The van der Waals surface area contributed by atoms with Gasteiger partial charge in [0.25, 0.3) is 0 Å². The SMILES string of the molecule is C#Cc1ccc(C(=O)C(C(=O)OC)C(C)O)cc1. The van der Waals surface area contributed by atoms with E-state index < -0.39 is 23.8 Å². The Morgan fingerprint density at radius 2 is 1.89 bits per heavy atom. The molecule has 0 aliphatic rings. The summed E-state index contributed by atoms with van der Waals surface area (Å²) in [5.41, 5.74) is 0.948. The highest BCUT2D eigenvalue weighted by molar-refractivity contribution is 6.09. The van der Waals surface area contributed by atoms with E-state index in [2.05, 4.69) is 10.7 Å². The summed E-state index contributed by atoms with van der Waals surface area (Å²) in [5.74, 6) is -0.0287. The monoisotopic (exact) mass is 246 g/mol. The lowest BCUT2D eigenvalue weighted by atomic mass is 9.93. The summed E-state index contributed by atoms with van der Waals surface area (Å²) < 4.78 is 4.51. The van der Waals surface area contributed by atoms with Gasteiger partial charge in [0.1, 0.15) is 5.92 Å². The maximum atomic E-state index is 12.1. The van der Waals surface area contributed by atoms with Crippen molar-refractivity contribution in [3.05, 3.63) is 35.4 Å². The number of rotatable bonds is 4. The number of terminal acetylenes is 1. The first-order chi connectivity index (χ1) is 8.51. The quantitative estimate of drug-likeness (QED) is 0.373. The van der Waals surface area contributed by atoms with Crippen LogP contribution in [-0.4, -0.2) is 30.1 Å². The van der Waals surface area contributed by atoms with Crippen LogP contribution in [0.3, 0.4) is 0 Å². The average Bonchev–Trinajstić information content (AvgIpc) is 2.38. The van der Waals surface area contributed by atoms with Crippen LogP contribution in [0.25, 0.3) is 0 Å². The predicted molar refractivity (Wildman–Crippen MR) is 65.9 cm³/mol. The number of ether oxygens (including phenoxy) is 1. The van der Waals surface area contributed by atoms with Crippen molar-refractivity contribution in [1.29, 1.82) is 0 Å². The van der Waals surface area contributed by atoms with Gasteiger partial charge in [0, 0.05) is 11.1 Å². The van der Waals surface area contributed by atoms with Gasteiger partial charge in [-0.05, 0) is 19.1 Å². The van der Waals surface area contributed by atoms with E-state index in [4.69, 9.17) is 6.42 Å². The summed E-state index contributed by atoms with van der Waals surface area (Å²) in [4.78, 5) is 23.5. The largest absolute Gasteiger partial charge is 0.468 e. The van der Waals surface area contributed by atoms with Gasteiger partial charge in [-0.25, -0.2) is 0 Å². The molecular formula is C14H14O4. The van der Waals surface area contributed by atoms with Gasteiger partial charge in [-0.3, -0.25) is 9.59 Å². The highest BCUT2D eigenvalue weighted by Crippen LogP contribution is 2.15. The number of ketones is 1. The van der Waals surface area contributed by atoms with Crippen LogP contribution >= 0.6 is 0 Å². The highest BCUT2D eigenvalue weighted by atomic mass is 16.5. The van der Waals surface area contributed by atoms with Crippen molar-refractivity contribution in [2.45, 2.75) is 13.0 Å². The van der Waals surface area contributed by atoms with Gasteiger partial charge in [-0.2, -0.15) is 0 Å². The Labute approximate surface area is 106 Å². The van der Waals surface area contributed by atoms with Gasteiger partial charge in [-0.1, -0.05) is 18.1 Å². The Balaban J connectivity index is 3.03. The molecule has 0 heterocycles. The minimum atomic E-state index is -1.22. The van der Waals surface area contributed by atoms with E-state index in [1.807, 2.05) is 0 Å². The third kappa shape index (κ3) is 2.96. The number of Topliss-reactive ketones (excluding diaryl/α,β-unsaturated/α-hetero) is 1. The lowest BCUT2D eigenvalue weighted by Gasteiger charge is -2.16. The van der Waals surface area contributed by atoms with E-state index in [9.17, 15) is 14.7 Å². The molecule has 18 heavy (non-hydrogen) atoms. The molecule has 1 aromatic rings. The molecule has 0 saturated carbocycles. The van der Waals surface area contributed by atoms with E-state index in [0.717, 1.165) is 0 Å². The Hall–Kier alpha value is -2.12. The zero-order valence-corrected chi connectivity index (χ0v) is 10.2. The predicted octanol–water partition coefficient (Wildman–Crippen LogP) is 1.02. The summed E-state index contributed by atoms with van der Waals surface area (Å²) >= 11 is 0. The van der Waals surface area contributed by atoms with Crippen molar-refractivity contribution in [2.75, 3.05) is 7.11 Å². The number of aliphatic hydroxyl groups excluding tert-OH is 1. The van der Waals surface area contributed by atoms with Crippen LogP contribution in [0.4, 0.5) is 0 Å². The van der Waals surface area contributed by atoms with Crippen molar-refractivity contribution in [1.82, 2.24) is 0 Å². The number of benzene rings is 1. The van der Waals surface area contributed by atoms with Gasteiger partial charge in [-0.15, -0.1) is 6.42 Å². The Morgan fingerprint density at radius 1 is 1.33 bits per heavy atom. The Kier molecular flexibility index (Phi) is 4.64. The minimum absolute atomic E-state index is 0.310. The molecule has 0 aromatic heterocycles. The second kappa shape index (κ2) is 5.99.